The highest BCUT2D eigenvalue weighted by atomic mass is 32.1. The van der Waals surface area contributed by atoms with Crippen molar-refractivity contribution in [2.24, 2.45) is 7.05 Å². The highest BCUT2D eigenvalue weighted by molar-refractivity contribution is 7.09. The lowest BCUT2D eigenvalue weighted by Crippen LogP contribution is -2.05. The van der Waals surface area contributed by atoms with E-state index in [1.165, 1.54) is 11.5 Å². The maximum Gasteiger partial charge on any atom is 0.233 e. The molecule has 0 spiro atoms. The van der Waals surface area contributed by atoms with Gasteiger partial charge in [0.25, 0.3) is 0 Å². The Morgan fingerprint density at radius 1 is 1.60 bits per heavy atom. The van der Waals surface area contributed by atoms with Crippen molar-refractivity contribution in [1.82, 2.24) is 19.1 Å². The zero-order chi connectivity index (χ0) is 10.7. The molecule has 7 heteroatoms. The van der Waals surface area contributed by atoms with Crippen molar-refractivity contribution < 1.29 is 0 Å². The summed E-state index contributed by atoms with van der Waals surface area (Å²) >= 11 is 1.27. The molecule has 0 amide bonds. The van der Waals surface area contributed by atoms with Crippen LogP contribution >= 0.6 is 11.5 Å². The number of nitrogens with two attached hydrogens (primary N) is 1. The van der Waals surface area contributed by atoms with Crippen molar-refractivity contribution >= 4 is 22.6 Å². The predicted octanol–water partition coefficient (Wildman–Crippen LogP) is 0.508. The van der Waals surface area contributed by atoms with Crippen molar-refractivity contribution in [2.45, 2.75) is 6.42 Å². The van der Waals surface area contributed by atoms with Crippen molar-refractivity contribution in [3.05, 3.63) is 18.0 Å². The first kappa shape index (κ1) is 9.91. The Labute approximate surface area is 91.3 Å². The molecule has 0 bridgehead atoms. The van der Waals surface area contributed by atoms with E-state index in [4.69, 9.17) is 5.73 Å². The van der Waals surface area contributed by atoms with Crippen LogP contribution in [0.2, 0.25) is 0 Å². The molecule has 2 aromatic heterocycles. The Balaban J connectivity index is 1.80. The summed E-state index contributed by atoms with van der Waals surface area (Å²) in [6.45, 7) is 0.783. The maximum atomic E-state index is 5.40. The second-order valence-corrected chi connectivity index (χ2v) is 3.87. The van der Waals surface area contributed by atoms with Gasteiger partial charge in [0.1, 0.15) is 0 Å². The van der Waals surface area contributed by atoms with E-state index < -0.39 is 0 Å². The number of nitrogen functional groups attached to an aromatic ring is 1. The normalized spacial score (nSPS) is 10.5. The van der Waals surface area contributed by atoms with E-state index in [2.05, 4.69) is 19.8 Å². The molecule has 80 valence electrons. The van der Waals surface area contributed by atoms with E-state index in [9.17, 15) is 0 Å². The van der Waals surface area contributed by atoms with Crippen LogP contribution in [0.5, 0.6) is 0 Å². The highest BCUT2D eigenvalue weighted by Crippen LogP contribution is 2.11. The van der Waals surface area contributed by atoms with Gasteiger partial charge in [-0.3, -0.25) is 4.68 Å². The highest BCUT2D eigenvalue weighted by Gasteiger charge is 2.00. The third kappa shape index (κ3) is 2.66. The molecule has 0 fully saturated rings. The second-order valence-electron chi connectivity index (χ2n) is 3.12. The van der Waals surface area contributed by atoms with Crippen LogP contribution < -0.4 is 11.1 Å². The van der Waals surface area contributed by atoms with Gasteiger partial charge in [0.05, 0.1) is 5.69 Å². The van der Waals surface area contributed by atoms with Gasteiger partial charge in [-0.1, -0.05) is 0 Å². The number of rotatable bonds is 4. The van der Waals surface area contributed by atoms with Gasteiger partial charge in [-0.15, -0.1) is 0 Å². The molecule has 15 heavy (non-hydrogen) atoms. The molecule has 0 radical (unpaired) electrons. The van der Waals surface area contributed by atoms with Gasteiger partial charge < -0.3 is 11.1 Å². The molecule has 2 rings (SSSR count). The summed E-state index contributed by atoms with van der Waals surface area (Å²) in [5, 5.41) is 8.16. The zero-order valence-electron chi connectivity index (χ0n) is 8.34. The second kappa shape index (κ2) is 4.26. The van der Waals surface area contributed by atoms with Crippen molar-refractivity contribution in [2.75, 3.05) is 17.6 Å². The Morgan fingerprint density at radius 3 is 3.07 bits per heavy atom. The lowest BCUT2D eigenvalue weighted by molar-refractivity contribution is 0.742. The lowest BCUT2D eigenvalue weighted by Gasteiger charge is -1.98. The number of nitrogens with zero attached hydrogens (tertiary/aromatic N) is 4. The molecule has 0 unspecified atom stereocenters. The van der Waals surface area contributed by atoms with Crippen LogP contribution in [0.3, 0.4) is 0 Å². The first-order valence-corrected chi connectivity index (χ1v) is 5.33. The van der Waals surface area contributed by atoms with Crippen LogP contribution in [0.25, 0.3) is 0 Å². The summed E-state index contributed by atoms with van der Waals surface area (Å²) in [5.41, 5.74) is 6.46. The molecule has 2 aromatic rings. The number of nitrogens with one attached hydrogen (secondary N) is 1. The molecule has 0 saturated heterocycles. The van der Waals surface area contributed by atoms with E-state index in [0.717, 1.165) is 23.8 Å². The molecule has 0 aromatic carbocycles. The standard InChI is InChI=1S/C8H12N6S/c1-14-5-3-6(12-14)2-4-10-8-11-7(9)13-15-8/h3,5H,2,4H2,1H3,(H3,9,10,11,13). The van der Waals surface area contributed by atoms with E-state index in [-0.39, 0.29) is 0 Å². The van der Waals surface area contributed by atoms with Crippen molar-refractivity contribution in [1.29, 1.82) is 0 Å². The quantitative estimate of drug-likeness (QED) is 0.790. The predicted molar refractivity (Wildman–Crippen MR) is 59.7 cm³/mol. The minimum absolute atomic E-state index is 0.320. The number of aryl methyl sites for hydroxylation is 1. The Morgan fingerprint density at radius 2 is 2.47 bits per heavy atom. The van der Waals surface area contributed by atoms with Gasteiger partial charge in [-0.2, -0.15) is 14.5 Å². The number of hydrogen-bond acceptors (Lipinski definition) is 6. The van der Waals surface area contributed by atoms with Gasteiger partial charge in [0.2, 0.25) is 11.1 Å². The average molecular weight is 224 g/mol. The summed E-state index contributed by atoms with van der Waals surface area (Å²) < 4.78 is 5.66. The van der Waals surface area contributed by atoms with Gasteiger partial charge in [-0.25, -0.2) is 0 Å². The number of hydrogen-bond donors (Lipinski definition) is 2. The summed E-state index contributed by atoms with van der Waals surface area (Å²) in [6, 6.07) is 2.00. The first-order chi connectivity index (χ1) is 7.24. The van der Waals surface area contributed by atoms with E-state index >= 15 is 0 Å². The fraction of sp³-hybridized carbons (Fsp3) is 0.375. The summed E-state index contributed by atoms with van der Waals surface area (Å²) in [6.07, 6.45) is 2.79. The largest absolute Gasteiger partial charge is 0.367 e. The smallest absolute Gasteiger partial charge is 0.233 e. The molecular formula is C8H12N6S. The molecule has 6 nitrogen and oxygen atoms in total. The molecule has 0 aliphatic rings. The van der Waals surface area contributed by atoms with Crippen molar-refractivity contribution in [3.8, 4) is 0 Å². The lowest BCUT2D eigenvalue weighted by atomic mass is 10.3. The Bertz CT molecular complexity index is 394. The minimum atomic E-state index is 0.320. The molecule has 2 heterocycles. The van der Waals surface area contributed by atoms with E-state index in [1.54, 1.807) is 4.68 Å². The fourth-order valence-electron chi connectivity index (χ4n) is 1.20. The summed E-state index contributed by atoms with van der Waals surface area (Å²) in [7, 11) is 1.91. The SMILES string of the molecule is Cn1ccc(CCNc2nc(N)ns2)n1. The van der Waals surface area contributed by atoms with Crippen LogP contribution in [0.1, 0.15) is 5.69 Å². The molecular weight excluding hydrogens is 212 g/mol. The Hall–Kier alpha value is -1.63. The van der Waals surface area contributed by atoms with E-state index in [1.807, 2.05) is 19.3 Å². The average Bonchev–Trinajstić information content (AvgIpc) is 2.76. The van der Waals surface area contributed by atoms with E-state index in [0.29, 0.717) is 5.95 Å². The van der Waals surface area contributed by atoms with Crippen LogP contribution in [-0.4, -0.2) is 25.7 Å². The fourth-order valence-corrected chi connectivity index (χ4v) is 1.72. The molecule has 3 N–H and O–H groups in total. The van der Waals surface area contributed by atoms with Gasteiger partial charge in [0.15, 0.2) is 0 Å². The van der Waals surface area contributed by atoms with Crippen LogP contribution in [0, 0.1) is 0 Å². The van der Waals surface area contributed by atoms with Crippen LogP contribution in [-0.2, 0) is 13.5 Å². The van der Waals surface area contributed by atoms with Gasteiger partial charge in [-0.05, 0) is 6.07 Å². The third-order valence-electron chi connectivity index (χ3n) is 1.87. The maximum absolute atomic E-state index is 5.40. The zero-order valence-corrected chi connectivity index (χ0v) is 9.16. The third-order valence-corrected chi connectivity index (χ3v) is 2.55. The molecule has 0 aliphatic heterocycles. The van der Waals surface area contributed by atoms with Crippen LogP contribution in [0.4, 0.5) is 11.1 Å². The van der Waals surface area contributed by atoms with Crippen molar-refractivity contribution in [3.63, 3.8) is 0 Å². The monoisotopic (exact) mass is 224 g/mol. The first-order valence-electron chi connectivity index (χ1n) is 4.55. The topological polar surface area (TPSA) is 81.7 Å². The minimum Gasteiger partial charge on any atom is -0.367 e. The van der Waals surface area contributed by atoms with Gasteiger partial charge >= 0.3 is 0 Å². The molecule has 0 atom stereocenters. The molecule has 0 aliphatic carbocycles. The summed E-state index contributed by atoms with van der Waals surface area (Å²) in [4.78, 5) is 4.00. The van der Waals surface area contributed by atoms with Crippen LogP contribution in [0.15, 0.2) is 12.3 Å². The van der Waals surface area contributed by atoms with Gasteiger partial charge in [0, 0.05) is 37.7 Å². The molecule has 0 saturated carbocycles. The Kier molecular flexibility index (Phi) is 2.82. The number of anilines is 2. The summed E-state index contributed by atoms with van der Waals surface area (Å²) in [5.74, 6) is 0.320. The number of aromatic nitrogens is 4.